The Kier molecular flexibility index (Phi) is 19.6. The fourth-order valence-electron chi connectivity index (χ4n) is 1.25. The van der Waals surface area contributed by atoms with Gasteiger partial charge in [-0.1, -0.05) is 23.5 Å². The Morgan fingerprint density at radius 3 is 2.04 bits per heavy atom. The molecule has 0 bridgehead atoms. The smallest absolute Gasteiger partial charge is 0.185 e. The maximum absolute atomic E-state index is 10.5. The van der Waals surface area contributed by atoms with Gasteiger partial charge in [-0.05, 0) is 13.8 Å². The summed E-state index contributed by atoms with van der Waals surface area (Å²) < 4.78 is 19.8. The molecule has 3 unspecified atom stereocenters. The van der Waals surface area contributed by atoms with Gasteiger partial charge >= 0.3 is 0 Å². The molecule has 1 heterocycles. The summed E-state index contributed by atoms with van der Waals surface area (Å²) in [6, 6.07) is 0. The molecule has 10 heteroatoms. The van der Waals surface area contributed by atoms with Crippen LogP contribution in [-0.2, 0) is 28.5 Å². The number of carbonyl (C=O) groups is 2. The third-order valence-corrected chi connectivity index (χ3v) is 4.63. The zero-order valence-corrected chi connectivity index (χ0v) is 17.9. The minimum absolute atomic E-state index is 0.0394. The van der Waals surface area contributed by atoms with Gasteiger partial charge in [0.15, 0.2) is 22.8 Å². The topological polar surface area (TPSA) is 112 Å². The normalized spacial score (nSPS) is 19.9. The van der Waals surface area contributed by atoms with Crippen LogP contribution in [0.25, 0.3) is 0 Å². The van der Waals surface area contributed by atoms with Crippen LogP contribution in [0.2, 0.25) is 0 Å². The zero-order valence-electron chi connectivity index (χ0n) is 16.3. The number of aliphatic hydroxyl groups excluding tert-OH is 2. The monoisotopic (exact) mass is 416 g/mol. The zero-order chi connectivity index (χ0) is 20.5. The molecule has 26 heavy (non-hydrogen) atoms. The molecular weight excluding hydrogens is 384 g/mol. The molecule has 1 rings (SSSR count). The van der Waals surface area contributed by atoms with Gasteiger partial charge in [0.2, 0.25) is 0 Å². The molecule has 8 nitrogen and oxygen atoms in total. The molecule has 0 radical (unpaired) electrons. The average Bonchev–Trinajstić information content (AvgIpc) is 3.03. The number of rotatable bonds is 7. The summed E-state index contributed by atoms with van der Waals surface area (Å²) in [5.41, 5.74) is 0. The number of thioether (sulfide) groups is 2. The number of hydrogen-bond donors (Lipinski definition) is 2. The minimum atomic E-state index is -0.765. The molecule has 0 aliphatic carbocycles. The Labute approximate surface area is 164 Å². The van der Waals surface area contributed by atoms with Crippen molar-refractivity contribution in [1.29, 1.82) is 0 Å². The highest BCUT2D eigenvalue weighted by Gasteiger charge is 2.22. The Morgan fingerprint density at radius 1 is 1.19 bits per heavy atom. The molecule has 1 aliphatic heterocycles. The van der Waals surface area contributed by atoms with E-state index in [0.717, 1.165) is 11.8 Å². The van der Waals surface area contributed by atoms with E-state index >= 15 is 0 Å². The Morgan fingerprint density at radius 2 is 1.73 bits per heavy atom. The second-order valence-corrected chi connectivity index (χ2v) is 7.53. The summed E-state index contributed by atoms with van der Waals surface area (Å²) in [4.78, 5) is 20.8. The Balaban J connectivity index is 0. The van der Waals surface area contributed by atoms with Crippen LogP contribution in [0.3, 0.4) is 0 Å². The van der Waals surface area contributed by atoms with E-state index in [1.54, 1.807) is 21.1 Å². The van der Waals surface area contributed by atoms with Crippen LogP contribution in [0, 0.1) is 0 Å². The molecule has 2 N–H and O–H groups in total. The van der Waals surface area contributed by atoms with E-state index in [4.69, 9.17) is 19.7 Å². The lowest BCUT2D eigenvalue weighted by Crippen LogP contribution is -2.15. The van der Waals surface area contributed by atoms with Crippen LogP contribution in [0.1, 0.15) is 27.7 Å². The molecule has 0 aromatic rings. The third kappa shape index (κ3) is 20.1. The Hall–Kier alpha value is -0.200. The summed E-state index contributed by atoms with van der Waals surface area (Å²) in [5, 5.41) is 17.0. The molecule has 1 aliphatic rings. The van der Waals surface area contributed by atoms with Gasteiger partial charge in [-0.25, -0.2) is 0 Å². The fraction of sp³-hybridized carbons (Fsp3) is 0.875. The molecule has 1 saturated heterocycles. The van der Waals surface area contributed by atoms with Gasteiger partial charge in [-0.3, -0.25) is 9.59 Å². The fourth-order valence-corrected chi connectivity index (χ4v) is 2.38. The van der Waals surface area contributed by atoms with Crippen molar-refractivity contribution in [3.05, 3.63) is 0 Å². The molecule has 0 amide bonds. The molecule has 156 valence electrons. The van der Waals surface area contributed by atoms with Crippen LogP contribution in [0.4, 0.5) is 0 Å². The highest BCUT2D eigenvalue weighted by atomic mass is 32.2. The second kappa shape index (κ2) is 18.2. The van der Waals surface area contributed by atoms with Crippen molar-refractivity contribution in [3.8, 4) is 0 Å². The standard InChI is InChI=1S/C7H12O3S.C5H10O3S.C4H10O2/c1-5(8)11-4-7-3-9-6(2)10-7;1-4(7)9-3-5(8)2-6;1-4(5-2)6-3/h6-7H,3-4H2,1-2H3;5-6,8H,2-3H2,1H3;4H,1-3H3. The largest absolute Gasteiger partial charge is 0.394 e. The predicted molar refractivity (Wildman–Crippen MR) is 103 cm³/mol. The van der Waals surface area contributed by atoms with E-state index in [1.807, 2.05) is 13.8 Å². The lowest BCUT2D eigenvalue weighted by atomic mass is 10.4. The van der Waals surface area contributed by atoms with Crippen LogP contribution in [0.15, 0.2) is 0 Å². The highest BCUT2D eigenvalue weighted by Crippen LogP contribution is 2.15. The number of ether oxygens (including phenoxy) is 4. The van der Waals surface area contributed by atoms with Gasteiger partial charge in [0, 0.05) is 39.6 Å². The van der Waals surface area contributed by atoms with Crippen molar-refractivity contribution in [2.75, 3.05) is 38.9 Å². The van der Waals surface area contributed by atoms with E-state index in [-0.39, 0.29) is 41.3 Å². The van der Waals surface area contributed by atoms with Crippen molar-refractivity contribution in [2.45, 2.75) is 52.5 Å². The highest BCUT2D eigenvalue weighted by molar-refractivity contribution is 8.13. The quantitative estimate of drug-likeness (QED) is 0.589. The molecule has 3 atom stereocenters. The first-order chi connectivity index (χ1) is 12.2. The van der Waals surface area contributed by atoms with Gasteiger partial charge in [-0.2, -0.15) is 0 Å². The maximum atomic E-state index is 10.5. The summed E-state index contributed by atoms with van der Waals surface area (Å²) in [7, 11) is 3.21. The third-order valence-electron chi connectivity index (χ3n) is 2.73. The van der Waals surface area contributed by atoms with E-state index in [0.29, 0.717) is 12.4 Å². The van der Waals surface area contributed by atoms with Crippen LogP contribution in [0.5, 0.6) is 0 Å². The minimum Gasteiger partial charge on any atom is -0.394 e. The van der Waals surface area contributed by atoms with Gasteiger partial charge in [-0.15, -0.1) is 0 Å². The van der Waals surface area contributed by atoms with Crippen molar-refractivity contribution in [2.24, 2.45) is 0 Å². The molecule has 1 fully saturated rings. The van der Waals surface area contributed by atoms with E-state index in [1.165, 1.54) is 18.7 Å². The first-order valence-corrected chi connectivity index (χ1v) is 10.0. The van der Waals surface area contributed by atoms with Crippen molar-refractivity contribution in [1.82, 2.24) is 0 Å². The molecule has 0 aromatic carbocycles. The van der Waals surface area contributed by atoms with Gasteiger partial charge < -0.3 is 29.2 Å². The molecular formula is C16H32O8S2. The molecule has 0 saturated carbocycles. The summed E-state index contributed by atoms with van der Waals surface area (Å²) in [5.74, 6) is 0.992. The first-order valence-electron chi connectivity index (χ1n) is 8.04. The average molecular weight is 417 g/mol. The van der Waals surface area contributed by atoms with Gasteiger partial charge in [0.25, 0.3) is 0 Å². The second-order valence-electron chi connectivity index (χ2n) is 5.14. The lowest BCUT2D eigenvalue weighted by Gasteiger charge is -2.05. The summed E-state index contributed by atoms with van der Waals surface area (Å²) >= 11 is 2.30. The van der Waals surface area contributed by atoms with Gasteiger partial charge in [0.05, 0.1) is 25.4 Å². The number of methoxy groups -OCH3 is 2. The van der Waals surface area contributed by atoms with E-state index < -0.39 is 6.10 Å². The Bertz CT molecular complexity index is 366. The predicted octanol–water partition coefficient (Wildman–Crippen LogP) is 1.27. The number of hydrogen-bond acceptors (Lipinski definition) is 10. The van der Waals surface area contributed by atoms with E-state index in [2.05, 4.69) is 9.47 Å². The summed E-state index contributed by atoms with van der Waals surface area (Å²) in [6.45, 7) is 7.01. The number of aliphatic hydroxyl groups is 2. The van der Waals surface area contributed by atoms with Crippen LogP contribution in [-0.4, -0.2) is 84.2 Å². The van der Waals surface area contributed by atoms with Crippen molar-refractivity contribution >= 4 is 33.8 Å². The first kappa shape index (κ1) is 28.0. The lowest BCUT2D eigenvalue weighted by molar-refractivity contribution is -0.110. The van der Waals surface area contributed by atoms with Crippen molar-refractivity contribution in [3.63, 3.8) is 0 Å². The van der Waals surface area contributed by atoms with E-state index in [9.17, 15) is 9.59 Å². The number of carbonyl (C=O) groups excluding carboxylic acids is 2. The van der Waals surface area contributed by atoms with Crippen molar-refractivity contribution < 1.29 is 38.7 Å². The van der Waals surface area contributed by atoms with Crippen LogP contribution >= 0.6 is 23.5 Å². The molecule has 0 aromatic heterocycles. The maximum Gasteiger partial charge on any atom is 0.185 e. The van der Waals surface area contributed by atoms with Crippen LogP contribution < -0.4 is 0 Å². The molecule has 0 spiro atoms. The van der Waals surface area contributed by atoms with Gasteiger partial charge in [0.1, 0.15) is 0 Å². The SMILES string of the molecule is CC(=O)SCC(O)CO.CC(=O)SCC1COC(C)O1.COC(C)OC. The summed E-state index contributed by atoms with van der Waals surface area (Å²) in [6.07, 6.45) is -0.838.